The van der Waals surface area contributed by atoms with Crippen molar-refractivity contribution < 1.29 is 19.0 Å². The van der Waals surface area contributed by atoms with Crippen molar-refractivity contribution in [3.05, 3.63) is 82.8 Å². The molecule has 0 heterocycles. The van der Waals surface area contributed by atoms with Crippen LogP contribution in [-0.2, 0) is 16.1 Å². The van der Waals surface area contributed by atoms with Crippen LogP contribution in [0.15, 0.2) is 71.4 Å². The SMILES string of the molecule is C=C(/C=C(C)\C(O)=C/CC)N/C(=N/C=C/OC)N(Cc1ccc(F)c(Cl)c1)C(C)=O. The van der Waals surface area contributed by atoms with Crippen molar-refractivity contribution in [2.45, 2.75) is 33.7 Å². The molecule has 0 aromatic heterocycles. The number of ether oxygens (including phenoxy) is 1. The topological polar surface area (TPSA) is 74.2 Å². The van der Waals surface area contributed by atoms with Crippen LogP contribution in [0.5, 0.6) is 0 Å². The Kier molecular flexibility index (Phi) is 10.4. The molecule has 0 aliphatic rings. The highest BCUT2D eigenvalue weighted by Crippen LogP contribution is 2.18. The molecule has 1 amide bonds. The normalized spacial score (nSPS) is 12.8. The molecule has 0 aliphatic heterocycles. The summed E-state index contributed by atoms with van der Waals surface area (Å²) in [6.07, 6.45) is 6.70. The lowest BCUT2D eigenvalue weighted by Gasteiger charge is -2.24. The van der Waals surface area contributed by atoms with E-state index in [1.54, 1.807) is 19.1 Å². The number of rotatable bonds is 8. The van der Waals surface area contributed by atoms with Gasteiger partial charge in [-0.15, -0.1) is 0 Å². The number of halogens is 2. The van der Waals surface area contributed by atoms with Gasteiger partial charge in [-0.1, -0.05) is 31.2 Å². The van der Waals surface area contributed by atoms with Crippen molar-refractivity contribution in [3.63, 3.8) is 0 Å². The molecule has 8 heteroatoms. The van der Waals surface area contributed by atoms with Crippen LogP contribution in [0.1, 0.15) is 32.8 Å². The molecule has 0 radical (unpaired) electrons. The Labute approximate surface area is 181 Å². The molecule has 162 valence electrons. The number of methoxy groups -OCH3 is 1. The summed E-state index contributed by atoms with van der Waals surface area (Å²) in [4.78, 5) is 17.9. The fourth-order valence-electron chi connectivity index (χ4n) is 2.36. The summed E-state index contributed by atoms with van der Waals surface area (Å²) < 4.78 is 18.3. The third-order valence-corrected chi connectivity index (χ3v) is 4.11. The van der Waals surface area contributed by atoms with Crippen LogP contribution >= 0.6 is 11.6 Å². The lowest BCUT2D eigenvalue weighted by Crippen LogP contribution is -2.42. The average molecular weight is 436 g/mol. The largest absolute Gasteiger partial charge is 0.508 e. The molecule has 1 rings (SSSR count). The second-order valence-corrected chi connectivity index (χ2v) is 6.71. The van der Waals surface area contributed by atoms with Gasteiger partial charge in [-0.2, -0.15) is 0 Å². The monoisotopic (exact) mass is 435 g/mol. The van der Waals surface area contributed by atoms with Gasteiger partial charge in [0.1, 0.15) is 17.8 Å². The summed E-state index contributed by atoms with van der Waals surface area (Å²) >= 11 is 5.85. The van der Waals surface area contributed by atoms with Gasteiger partial charge in [0, 0.05) is 12.6 Å². The summed E-state index contributed by atoms with van der Waals surface area (Å²) in [7, 11) is 1.47. The number of aliphatic hydroxyl groups is 1. The average Bonchev–Trinajstić information content (AvgIpc) is 2.68. The molecule has 0 spiro atoms. The number of nitrogens with one attached hydrogen (secondary N) is 1. The zero-order chi connectivity index (χ0) is 22.7. The zero-order valence-corrected chi connectivity index (χ0v) is 18.3. The second-order valence-electron chi connectivity index (χ2n) is 6.30. The van der Waals surface area contributed by atoms with Gasteiger partial charge in [-0.3, -0.25) is 9.69 Å². The van der Waals surface area contributed by atoms with Crippen LogP contribution in [0.4, 0.5) is 4.39 Å². The highest BCUT2D eigenvalue weighted by molar-refractivity contribution is 6.30. The first-order valence-electron chi connectivity index (χ1n) is 9.20. The summed E-state index contributed by atoms with van der Waals surface area (Å²) in [5.74, 6) is -0.541. The van der Waals surface area contributed by atoms with Crippen molar-refractivity contribution in [1.29, 1.82) is 0 Å². The fraction of sp³-hybridized carbons (Fsp3) is 0.273. The number of guanidine groups is 1. The van der Waals surface area contributed by atoms with E-state index in [1.165, 1.54) is 49.6 Å². The zero-order valence-electron chi connectivity index (χ0n) is 17.6. The van der Waals surface area contributed by atoms with Crippen LogP contribution in [0.25, 0.3) is 0 Å². The number of hydrogen-bond acceptors (Lipinski definition) is 4. The van der Waals surface area contributed by atoms with E-state index >= 15 is 0 Å². The van der Waals surface area contributed by atoms with Crippen molar-refractivity contribution in [1.82, 2.24) is 10.2 Å². The minimum absolute atomic E-state index is 0.0390. The molecule has 1 aromatic carbocycles. The quantitative estimate of drug-likeness (QED) is 0.254. The van der Waals surface area contributed by atoms with E-state index < -0.39 is 5.82 Å². The van der Waals surface area contributed by atoms with E-state index in [0.717, 1.165) is 0 Å². The Morgan fingerprint density at radius 2 is 2.13 bits per heavy atom. The van der Waals surface area contributed by atoms with E-state index in [2.05, 4.69) is 16.9 Å². The molecule has 0 aliphatic carbocycles. The first-order chi connectivity index (χ1) is 14.2. The van der Waals surface area contributed by atoms with E-state index in [-0.39, 0.29) is 29.2 Å². The van der Waals surface area contributed by atoms with Gasteiger partial charge in [0.25, 0.3) is 0 Å². The summed E-state index contributed by atoms with van der Waals surface area (Å²) in [5.41, 5.74) is 1.61. The van der Waals surface area contributed by atoms with E-state index in [4.69, 9.17) is 16.3 Å². The number of aliphatic hydroxyl groups excluding tert-OH is 1. The minimum Gasteiger partial charge on any atom is -0.508 e. The third-order valence-electron chi connectivity index (χ3n) is 3.82. The predicted octanol–water partition coefficient (Wildman–Crippen LogP) is 5.20. The van der Waals surface area contributed by atoms with Crippen LogP contribution in [0.3, 0.4) is 0 Å². The number of nitrogens with zero attached hydrogens (tertiary/aromatic N) is 2. The Morgan fingerprint density at radius 3 is 2.70 bits per heavy atom. The van der Waals surface area contributed by atoms with Crippen molar-refractivity contribution in [2.24, 2.45) is 4.99 Å². The lowest BCUT2D eigenvalue weighted by atomic mass is 10.2. The molecule has 30 heavy (non-hydrogen) atoms. The van der Waals surface area contributed by atoms with Crippen molar-refractivity contribution in [2.75, 3.05) is 7.11 Å². The smallest absolute Gasteiger partial charge is 0.226 e. The maximum Gasteiger partial charge on any atom is 0.226 e. The number of benzene rings is 1. The number of carbonyl (C=O) groups excluding carboxylic acids is 1. The molecular formula is C22H27ClFN3O3. The first-order valence-corrected chi connectivity index (χ1v) is 9.58. The van der Waals surface area contributed by atoms with Crippen molar-refractivity contribution in [3.8, 4) is 0 Å². The summed E-state index contributed by atoms with van der Waals surface area (Å²) in [5, 5.41) is 12.9. The summed E-state index contributed by atoms with van der Waals surface area (Å²) in [6, 6.07) is 4.22. The number of carbonyl (C=O) groups is 1. The Balaban J connectivity index is 3.20. The molecule has 2 N–H and O–H groups in total. The maximum absolute atomic E-state index is 13.5. The van der Waals surface area contributed by atoms with Gasteiger partial charge >= 0.3 is 0 Å². The van der Waals surface area contributed by atoms with Gasteiger partial charge in [0.15, 0.2) is 0 Å². The van der Waals surface area contributed by atoms with E-state index in [9.17, 15) is 14.3 Å². The van der Waals surface area contributed by atoms with E-state index in [0.29, 0.717) is 23.3 Å². The number of allylic oxidation sites excluding steroid dienone is 3. The number of aliphatic imine (C=N–C) groups is 1. The van der Waals surface area contributed by atoms with Crippen LogP contribution in [-0.4, -0.2) is 29.0 Å². The van der Waals surface area contributed by atoms with Crippen LogP contribution in [0, 0.1) is 5.82 Å². The van der Waals surface area contributed by atoms with Crippen LogP contribution < -0.4 is 5.32 Å². The van der Waals surface area contributed by atoms with E-state index in [1.807, 2.05) is 6.92 Å². The highest BCUT2D eigenvalue weighted by atomic mass is 35.5. The number of hydrogen-bond donors (Lipinski definition) is 2. The fourth-order valence-corrected chi connectivity index (χ4v) is 2.56. The summed E-state index contributed by atoms with van der Waals surface area (Å²) in [6.45, 7) is 9.03. The Morgan fingerprint density at radius 1 is 1.43 bits per heavy atom. The van der Waals surface area contributed by atoms with Crippen molar-refractivity contribution >= 4 is 23.5 Å². The molecule has 0 saturated carbocycles. The Bertz CT molecular complexity index is 892. The van der Waals surface area contributed by atoms with Crippen LogP contribution in [0.2, 0.25) is 5.02 Å². The second kappa shape index (κ2) is 12.5. The molecule has 6 nitrogen and oxygen atoms in total. The van der Waals surface area contributed by atoms with Gasteiger partial charge in [0.05, 0.1) is 24.9 Å². The molecule has 1 aromatic rings. The maximum atomic E-state index is 13.5. The Hall–Kier alpha value is -3.06. The molecule has 0 saturated heterocycles. The van der Waals surface area contributed by atoms with Gasteiger partial charge in [-0.05, 0) is 48.8 Å². The minimum atomic E-state index is -0.543. The molecular weight excluding hydrogens is 409 g/mol. The molecule has 0 unspecified atom stereocenters. The molecule has 0 fully saturated rings. The molecule has 0 atom stereocenters. The first kappa shape index (κ1) is 25.0. The standard InChI is InChI=1S/C22H27ClFN3O3/c1-6-7-21(29)15(2)12-16(3)26-22(25-10-11-30-5)27(17(4)28)14-18-8-9-20(24)19(23)13-18/h7-13,29H,3,6,14H2,1-2,4-5H3,(H,25,26)/b11-10+,15-12-,21-7+. The number of amides is 1. The van der Waals surface area contributed by atoms with Gasteiger partial charge in [-0.25, -0.2) is 9.38 Å². The lowest BCUT2D eigenvalue weighted by molar-refractivity contribution is -0.125. The predicted molar refractivity (Wildman–Crippen MR) is 118 cm³/mol. The van der Waals surface area contributed by atoms with Gasteiger partial charge < -0.3 is 15.2 Å². The third kappa shape index (κ3) is 8.13. The van der Waals surface area contributed by atoms with Gasteiger partial charge in [0.2, 0.25) is 11.9 Å². The molecule has 0 bridgehead atoms. The highest BCUT2D eigenvalue weighted by Gasteiger charge is 2.17.